The fourth-order valence-electron chi connectivity index (χ4n) is 2.40. The van der Waals surface area contributed by atoms with Gasteiger partial charge >= 0.3 is 0 Å². The van der Waals surface area contributed by atoms with Crippen LogP contribution in [-0.4, -0.2) is 24.0 Å². The van der Waals surface area contributed by atoms with Gasteiger partial charge in [0.05, 0.1) is 5.69 Å². The van der Waals surface area contributed by atoms with E-state index in [4.69, 9.17) is 9.47 Å². The van der Waals surface area contributed by atoms with Gasteiger partial charge in [-0.3, -0.25) is 9.59 Å². The Kier molecular flexibility index (Phi) is 4.61. The molecule has 0 bridgehead atoms. The maximum Gasteiger partial charge on any atom is 0.265 e. The van der Waals surface area contributed by atoms with Gasteiger partial charge in [0.15, 0.2) is 12.2 Å². The third-order valence-corrected chi connectivity index (χ3v) is 3.88. The SMILES string of the molecule is Cc1ccc(O[C@@H](C)C(=O)Nc2ccc3c(c2)NC(=O)[C@H](C)O3)cc1. The summed E-state index contributed by atoms with van der Waals surface area (Å²) < 4.78 is 11.1. The third kappa shape index (κ3) is 3.91. The molecule has 0 unspecified atom stereocenters. The molecule has 130 valence electrons. The minimum atomic E-state index is -0.662. The zero-order chi connectivity index (χ0) is 18.0. The molecule has 1 aliphatic rings. The van der Waals surface area contributed by atoms with Crippen molar-refractivity contribution in [2.45, 2.75) is 33.0 Å². The van der Waals surface area contributed by atoms with Crippen LogP contribution in [0.5, 0.6) is 11.5 Å². The molecule has 0 fully saturated rings. The summed E-state index contributed by atoms with van der Waals surface area (Å²) in [6, 6.07) is 12.6. The molecule has 2 atom stereocenters. The van der Waals surface area contributed by atoms with Gasteiger partial charge in [-0.15, -0.1) is 0 Å². The molecule has 2 N–H and O–H groups in total. The first-order chi connectivity index (χ1) is 11.9. The number of amides is 2. The number of hydrogen-bond donors (Lipinski definition) is 2. The van der Waals surface area contributed by atoms with Crippen LogP contribution in [0.15, 0.2) is 42.5 Å². The van der Waals surface area contributed by atoms with E-state index in [-0.39, 0.29) is 11.8 Å². The average Bonchev–Trinajstić information content (AvgIpc) is 2.58. The van der Waals surface area contributed by atoms with E-state index in [0.29, 0.717) is 22.9 Å². The van der Waals surface area contributed by atoms with Crippen molar-refractivity contribution in [3.8, 4) is 11.5 Å². The number of aryl methyl sites for hydroxylation is 1. The molecular formula is C19H20N2O4. The van der Waals surface area contributed by atoms with Crippen LogP contribution in [0.4, 0.5) is 11.4 Å². The Morgan fingerprint density at radius 3 is 2.68 bits per heavy atom. The molecule has 0 saturated heterocycles. The van der Waals surface area contributed by atoms with Crippen LogP contribution >= 0.6 is 0 Å². The van der Waals surface area contributed by atoms with Crippen molar-refractivity contribution in [2.75, 3.05) is 10.6 Å². The first kappa shape index (κ1) is 16.8. The average molecular weight is 340 g/mol. The lowest BCUT2D eigenvalue weighted by Gasteiger charge is -2.24. The molecule has 0 radical (unpaired) electrons. The number of hydrogen-bond acceptors (Lipinski definition) is 4. The predicted octanol–water partition coefficient (Wildman–Crippen LogP) is 3.12. The summed E-state index contributed by atoms with van der Waals surface area (Å²) in [6.07, 6.45) is -1.19. The Labute approximate surface area is 146 Å². The van der Waals surface area contributed by atoms with Gasteiger partial charge in [-0.1, -0.05) is 17.7 Å². The summed E-state index contributed by atoms with van der Waals surface area (Å²) in [6.45, 7) is 5.34. The van der Waals surface area contributed by atoms with E-state index >= 15 is 0 Å². The molecular weight excluding hydrogens is 320 g/mol. The number of ether oxygens (including phenoxy) is 2. The lowest BCUT2D eigenvalue weighted by molar-refractivity contribution is -0.123. The second-order valence-corrected chi connectivity index (χ2v) is 6.02. The van der Waals surface area contributed by atoms with E-state index in [0.717, 1.165) is 5.56 Å². The van der Waals surface area contributed by atoms with Gasteiger partial charge in [-0.25, -0.2) is 0 Å². The van der Waals surface area contributed by atoms with E-state index in [1.54, 1.807) is 32.0 Å². The van der Waals surface area contributed by atoms with E-state index in [1.165, 1.54) is 0 Å². The minimum Gasteiger partial charge on any atom is -0.481 e. The van der Waals surface area contributed by atoms with E-state index in [9.17, 15) is 9.59 Å². The molecule has 6 heteroatoms. The summed E-state index contributed by atoms with van der Waals surface area (Å²) in [5.74, 6) is 0.714. The van der Waals surface area contributed by atoms with Crippen LogP contribution in [0.2, 0.25) is 0 Å². The smallest absolute Gasteiger partial charge is 0.265 e. The second kappa shape index (κ2) is 6.84. The van der Waals surface area contributed by atoms with Crippen molar-refractivity contribution < 1.29 is 19.1 Å². The fourth-order valence-corrected chi connectivity index (χ4v) is 2.40. The number of carbonyl (C=O) groups is 2. The van der Waals surface area contributed by atoms with Crippen LogP contribution in [0.3, 0.4) is 0 Å². The number of anilines is 2. The molecule has 0 aliphatic carbocycles. The zero-order valence-electron chi connectivity index (χ0n) is 14.3. The Bertz CT molecular complexity index is 802. The third-order valence-electron chi connectivity index (χ3n) is 3.88. The van der Waals surface area contributed by atoms with Gasteiger partial charge in [0.25, 0.3) is 11.8 Å². The first-order valence-corrected chi connectivity index (χ1v) is 8.08. The Hall–Kier alpha value is -3.02. The molecule has 1 aliphatic heterocycles. The summed E-state index contributed by atoms with van der Waals surface area (Å²) in [7, 11) is 0. The van der Waals surface area contributed by atoms with Crippen LogP contribution in [0, 0.1) is 6.92 Å². The maximum atomic E-state index is 12.3. The van der Waals surface area contributed by atoms with Crippen molar-refractivity contribution in [2.24, 2.45) is 0 Å². The van der Waals surface area contributed by atoms with Crippen molar-refractivity contribution in [1.29, 1.82) is 0 Å². The molecule has 0 aromatic heterocycles. The summed E-state index contributed by atoms with van der Waals surface area (Å²) in [5, 5.41) is 5.53. The fraction of sp³-hybridized carbons (Fsp3) is 0.263. The minimum absolute atomic E-state index is 0.216. The van der Waals surface area contributed by atoms with Crippen molar-refractivity contribution >= 4 is 23.2 Å². The quantitative estimate of drug-likeness (QED) is 0.896. The van der Waals surface area contributed by atoms with Gasteiger partial charge in [-0.2, -0.15) is 0 Å². The van der Waals surface area contributed by atoms with Crippen molar-refractivity contribution in [3.05, 3.63) is 48.0 Å². The van der Waals surface area contributed by atoms with Gasteiger partial charge in [0, 0.05) is 5.69 Å². The molecule has 1 heterocycles. The van der Waals surface area contributed by atoms with E-state index in [2.05, 4.69) is 10.6 Å². The van der Waals surface area contributed by atoms with Crippen LogP contribution in [0.25, 0.3) is 0 Å². The van der Waals surface area contributed by atoms with Crippen molar-refractivity contribution in [1.82, 2.24) is 0 Å². The highest BCUT2D eigenvalue weighted by molar-refractivity contribution is 5.99. The van der Waals surface area contributed by atoms with Gasteiger partial charge in [0.1, 0.15) is 11.5 Å². The maximum absolute atomic E-state index is 12.3. The van der Waals surface area contributed by atoms with Gasteiger partial charge in [-0.05, 0) is 51.1 Å². The standard InChI is InChI=1S/C19H20N2O4/c1-11-4-7-15(8-5-11)24-12(2)18(22)20-14-6-9-17-16(10-14)21-19(23)13(3)25-17/h4-10,12-13H,1-3H3,(H,20,22)(H,21,23)/t12-,13-/m0/s1. The molecule has 2 amide bonds. The lowest BCUT2D eigenvalue weighted by Crippen LogP contribution is -2.34. The number of fused-ring (bicyclic) bond motifs is 1. The predicted molar refractivity (Wildman–Crippen MR) is 95.1 cm³/mol. The molecule has 25 heavy (non-hydrogen) atoms. The Morgan fingerprint density at radius 2 is 1.96 bits per heavy atom. The normalized spacial score (nSPS) is 16.9. The number of benzene rings is 2. The molecule has 2 aromatic carbocycles. The topological polar surface area (TPSA) is 76.7 Å². The Morgan fingerprint density at radius 1 is 1.24 bits per heavy atom. The Balaban J connectivity index is 1.65. The molecule has 2 aromatic rings. The second-order valence-electron chi connectivity index (χ2n) is 6.02. The monoisotopic (exact) mass is 340 g/mol. The number of nitrogens with one attached hydrogen (secondary N) is 2. The number of rotatable bonds is 4. The van der Waals surface area contributed by atoms with Crippen molar-refractivity contribution in [3.63, 3.8) is 0 Å². The van der Waals surface area contributed by atoms with Crippen LogP contribution < -0.4 is 20.1 Å². The lowest BCUT2D eigenvalue weighted by atomic mass is 10.2. The molecule has 6 nitrogen and oxygen atoms in total. The van der Waals surface area contributed by atoms with E-state index < -0.39 is 12.2 Å². The first-order valence-electron chi connectivity index (χ1n) is 8.08. The highest BCUT2D eigenvalue weighted by Crippen LogP contribution is 2.32. The molecule has 3 rings (SSSR count). The number of carbonyl (C=O) groups excluding carboxylic acids is 2. The highest BCUT2D eigenvalue weighted by Gasteiger charge is 2.24. The summed E-state index contributed by atoms with van der Waals surface area (Å²) >= 11 is 0. The molecule has 0 saturated carbocycles. The largest absolute Gasteiger partial charge is 0.481 e. The van der Waals surface area contributed by atoms with Gasteiger partial charge in [0.2, 0.25) is 0 Å². The zero-order valence-corrected chi connectivity index (χ0v) is 14.3. The van der Waals surface area contributed by atoms with E-state index in [1.807, 2.05) is 31.2 Å². The highest BCUT2D eigenvalue weighted by atomic mass is 16.5. The van der Waals surface area contributed by atoms with Gasteiger partial charge < -0.3 is 20.1 Å². The summed E-state index contributed by atoms with van der Waals surface area (Å²) in [5.41, 5.74) is 2.21. The molecule has 0 spiro atoms. The summed E-state index contributed by atoms with van der Waals surface area (Å²) in [4.78, 5) is 24.0. The van der Waals surface area contributed by atoms with Crippen LogP contribution in [0.1, 0.15) is 19.4 Å². The van der Waals surface area contributed by atoms with Crippen LogP contribution in [-0.2, 0) is 9.59 Å².